The van der Waals surface area contributed by atoms with Crippen LogP contribution < -0.4 is 10.6 Å². The van der Waals surface area contributed by atoms with Gasteiger partial charge in [-0.3, -0.25) is 4.79 Å². The molecule has 0 saturated carbocycles. The smallest absolute Gasteiger partial charge is 0.251 e. The van der Waals surface area contributed by atoms with Crippen LogP contribution in [0.25, 0.3) is 0 Å². The lowest BCUT2D eigenvalue weighted by atomic mass is 10.1. The van der Waals surface area contributed by atoms with Crippen molar-refractivity contribution in [2.45, 2.75) is 13.5 Å². The number of anilines is 1. The highest BCUT2D eigenvalue weighted by atomic mass is 19.1. The molecule has 2 aromatic rings. The number of hydrogen-bond acceptors (Lipinski definition) is 4. The molecule has 0 spiro atoms. The Hall–Kier alpha value is -2.51. The zero-order chi connectivity index (χ0) is 15.4. The summed E-state index contributed by atoms with van der Waals surface area (Å²) < 4.78 is 29.1. The van der Waals surface area contributed by atoms with Crippen LogP contribution >= 0.6 is 0 Å². The normalized spacial score (nSPS) is 10.5. The van der Waals surface area contributed by atoms with E-state index in [1.54, 1.807) is 18.5 Å². The SMILES string of the molecule is CCNc1c(F)cc(C(=O)NCc2nncn2C)cc1F. The summed E-state index contributed by atoms with van der Waals surface area (Å²) in [6.45, 7) is 2.22. The third-order valence-corrected chi connectivity index (χ3v) is 2.87. The minimum atomic E-state index is -0.805. The van der Waals surface area contributed by atoms with E-state index in [0.29, 0.717) is 12.4 Å². The van der Waals surface area contributed by atoms with Crippen LogP contribution in [0.15, 0.2) is 18.5 Å². The topological polar surface area (TPSA) is 71.8 Å². The van der Waals surface area contributed by atoms with Gasteiger partial charge in [-0.25, -0.2) is 8.78 Å². The molecule has 2 rings (SSSR count). The Morgan fingerprint density at radius 2 is 2.00 bits per heavy atom. The summed E-state index contributed by atoms with van der Waals surface area (Å²) in [5, 5.41) is 12.6. The van der Waals surface area contributed by atoms with Gasteiger partial charge in [0.2, 0.25) is 0 Å². The minimum Gasteiger partial charge on any atom is -0.381 e. The second-order valence-corrected chi connectivity index (χ2v) is 4.39. The van der Waals surface area contributed by atoms with E-state index < -0.39 is 17.5 Å². The Labute approximate surface area is 120 Å². The van der Waals surface area contributed by atoms with Gasteiger partial charge in [0.15, 0.2) is 5.82 Å². The van der Waals surface area contributed by atoms with E-state index in [1.807, 2.05) is 0 Å². The van der Waals surface area contributed by atoms with Gasteiger partial charge in [0.1, 0.15) is 23.6 Å². The van der Waals surface area contributed by atoms with Gasteiger partial charge in [0, 0.05) is 19.2 Å². The van der Waals surface area contributed by atoms with Crippen molar-refractivity contribution in [3.63, 3.8) is 0 Å². The molecule has 6 nitrogen and oxygen atoms in total. The lowest BCUT2D eigenvalue weighted by Crippen LogP contribution is -2.24. The monoisotopic (exact) mass is 295 g/mol. The third-order valence-electron chi connectivity index (χ3n) is 2.87. The van der Waals surface area contributed by atoms with Crippen LogP contribution in [0, 0.1) is 11.6 Å². The molecule has 0 aliphatic carbocycles. The van der Waals surface area contributed by atoms with Crippen LogP contribution in [-0.4, -0.2) is 27.2 Å². The van der Waals surface area contributed by atoms with Gasteiger partial charge in [-0.05, 0) is 19.1 Å². The lowest BCUT2D eigenvalue weighted by molar-refractivity contribution is 0.0948. The number of halogens is 2. The van der Waals surface area contributed by atoms with Gasteiger partial charge in [0.05, 0.1) is 6.54 Å². The number of amides is 1. The van der Waals surface area contributed by atoms with Crippen molar-refractivity contribution < 1.29 is 13.6 Å². The van der Waals surface area contributed by atoms with Crippen molar-refractivity contribution >= 4 is 11.6 Å². The number of aromatic nitrogens is 3. The molecule has 0 bridgehead atoms. The molecule has 0 saturated heterocycles. The van der Waals surface area contributed by atoms with E-state index in [9.17, 15) is 13.6 Å². The molecular weight excluding hydrogens is 280 g/mol. The highest BCUT2D eigenvalue weighted by Gasteiger charge is 2.15. The second-order valence-electron chi connectivity index (χ2n) is 4.39. The largest absolute Gasteiger partial charge is 0.381 e. The Bertz CT molecular complexity index is 633. The molecule has 1 aromatic heterocycles. The fourth-order valence-electron chi connectivity index (χ4n) is 1.78. The number of nitrogens with zero attached hydrogens (tertiary/aromatic N) is 3. The molecule has 0 fully saturated rings. The van der Waals surface area contributed by atoms with Crippen LogP contribution in [-0.2, 0) is 13.6 Å². The zero-order valence-corrected chi connectivity index (χ0v) is 11.7. The first-order valence-electron chi connectivity index (χ1n) is 6.37. The molecule has 21 heavy (non-hydrogen) atoms. The van der Waals surface area contributed by atoms with Crippen LogP contribution in [0.3, 0.4) is 0 Å². The summed E-state index contributed by atoms with van der Waals surface area (Å²) in [4.78, 5) is 11.9. The summed E-state index contributed by atoms with van der Waals surface area (Å²) in [7, 11) is 1.73. The fraction of sp³-hybridized carbons (Fsp3) is 0.308. The minimum absolute atomic E-state index is 0.0891. The van der Waals surface area contributed by atoms with Gasteiger partial charge in [-0.1, -0.05) is 0 Å². The van der Waals surface area contributed by atoms with Crippen molar-refractivity contribution in [2.24, 2.45) is 7.05 Å². The van der Waals surface area contributed by atoms with Gasteiger partial charge < -0.3 is 15.2 Å². The van der Waals surface area contributed by atoms with E-state index in [-0.39, 0.29) is 17.8 Å². The molecule has 0 aliphatic rings. The molecular formula is C13H15F2N5O. The predicted octanol–water partition coefficient (Wildman–Crippen LogP) is 1.46. The lowest BCUT2D eigenvalue weighted by Gasteiger charge is -2.09. The van der Waals surface area contributed by atoms with E-state index in [4.69, 9.17) is 0 Å². The Balaban J connectivity index is 2.11. The summed E-state index contributed by atoms with van der Waals surface area (Å²) in [6.07, 6.45) is 1.49. The van der Waals surface area contributed by atoms with E-state index >= 15 is 0 Å². The van der Waals surface area contributed by atoms with Crippen molar-refractivity contribution in [3.05, 3.63) is 41.5 Å². The summed E-state index contributed by atoms with van der Waals surface area (Å²) in [6, 6.07) is 1.99. The first-order valence-corrected chi connectivity index (χ1v) is 6.37. The van der Waals surface area contributed by atoms with E-state index in [1.165, 1.54) is 6.33 Å². The Kier molecular flexibility index (Phi) is 4.46. The molecule has 2 N–H and O–H groups in total. The molecule has 1 amide bonds. The molecule has 0 atom stereocenters. The quantitative estimate of drug-likeness (QED) is 0.876. The number of benzene rings is 1. The van der Waals surface area contributed by atoms with Crippen LogP contribution in [0.1, 0.15) is 23.1 Å². The fourth-order valence-corrected chi connectivity index (χ4v) is 1.78. The third kappa shape index (κ3) is 3.33. The predicted molar refractivity (Wildman–Crippen MR) is 72.7 cm³/mol. The van der Waals surface area contributed by atoms with Crippen LogP contribution in [0.2, 0.25) is 0 Å². The zero-order valence-electron chi connectivity index (χ0n) is 11.7. The molecule has 1 aromatic carbocycles. The Morgan fingerprint density at radius 3 is 2.52 bits per heavy atom. The molecule has 0 unspecified atom stereocenters. The molecule has 112 valence electrons. The second kappa shape index (κ2) is 6.29. The first-order chi connectivity index (χ1) is 10.0. The highest BCUT2D eigenvalue weighted by Crippen LogP contribution is 2.20. The number of rotatable bonds is 5. The molecule has 0 aliphatic heterocycles. The average Bonchev–Trinajstić information content (AvgIpc) is 2.85. The maximum Gasteiger partial charge on any atom is 0.251 e. The van der Waals surface area contributed by atoms with Gasteiger partial charge in [-0.2, -0.15) is 0 Å². The van der Waals surface area contributed by atoms with Gasteiger partial charge in [-0.15, -0.1) is 10.2 Å². The number of aryl methyl sites for hydroxylation is 1. The van der Waals surface area contributed by atoms with Crippen LogP contribution in [0.4, 0.5) is 14.5 Å². The molecule has 8 heteroatoms. The summed E-state index contributed by atoms with van der Waals surface area (Å²) in [5.74, 6) is -1.66. The van der Waals surface area contributed by atoms with Crippen LogP contribution in [0.5, 0.6) is 0 Å². The van der Waals surface area contributed by atoms with Gasteiger partial charge >= 0.3 is 0 Å². The van der Waals surface area contributed by atoms with E-state index in [2.05, 4.69) is 20.8 Å². The molecule has 1 heterocycles. The Morgan fingerprint density at radius 1 is 1.33 bits per heavy atom. The maximum atomic E-state index is 13.7. The maximum absolute atomic E-state index is 13.7. The first kappa shape index (κ1) is 14.9. The van der Waals surface area contributed by atoms with Crippen molar-refractivity contribution in [1.82, 2.24) is 20.1 Å². The summed E-state index contributed by atoms with van der Waals surface area (Å²) in [5.41, 5.74) is -0.323. The van der Waals surface area contributed by atoms with Crippen molar-refractivity contribution in [1.29, 1.82) is 0 Å². The standard InChI is InChI=1S/C13H15F2N5O/c1-3-16-12-9(14)4-8(5-10(12)15)13(21)17-6-11-19-18-7-20(11)2/h4-5,7,16H,3,6H2,1-2H3,(H,17,21). The average molecular weight is 295 g/mol. The number of carbonyl (C=O) groups is 1. The van der Waals surface area contributed by atoms with E-state index in [0.717, 1.165) is 12.1 Å². The van der Waals surface area contributed by atoms with Crippen molar-refractivity contribution in [3.8, 4) is 0 Å². The number of hydrogen-bond donors (Lipinski definition) is 2. The number of nitrogens with one attached hydrogen (secondary N) is 2. The van der Waals surface area contributed by atoms with Crippen molar-refractivity contribution in [2.75, 3.05) is 11.9 Å². The summed E-state index contributed by atoms with van der Waals surface area (Å²) >= 11 is 0. The number of carbonyl (C=O) groups excluding carboxylic acids is 1. The highest BCUT2D eigenvalue weighted by molar-refractivity contribution is 5.94. The van der Waals surface area contributed by atoms with Gasteiger partial charge in [0.25, 0.3) is 5.91 Å². The molecule has 0 radical (unpaired) electrons.